The Morgan fingerprint density at radius 2 is 1.64 bits per heavy atom. The van der Waals surface area contributed by atoms with Crippen LogP contribution in [0.25, 0.3) is 0 Å². The maximum absolute atomic E-state index is 12.1. The minimum absolute atomic E-state index is 0.271. The number of primary amides is 1. The van der Waals surface area contributed by atoms with Gasteiger partial charge in [0.05, 0.1) is 0 Å². The lowest BCUT2D eigenvalue weighted by Crippen LogP contribution is -2.30. The Kier molecular flexibility index (Phi) is 4.78. The zero-order valence-corrected chi connectivity index (χ0v) is 12.5. The molecule has 0 bridgehead atoms. The standard InChI is InChI=1S/C17H18N2O3/c1-11-3-9-15(10-4-11)22-12(2)17(21)19-14-7-5-13(6-8-14)16(18)20/h3-10,12H,1-2H3,(H2,18,20)(H,19,21)/t12-/m0/s1. The first-order valence-corrected chi connectivity index (χ1v) is 6.90. The highest BCUT2D eigenvalue weighted by molar-refractivity contribution is 5.96. The number of aryl methyl sites for hydroxylation is 1. The molecule has 0 aromatic heterocycles. The van der Waals surface area contributed by atoms with Gasteiger partial charge >= 0.3 is 0 Å². The zero-order valence-electron chi connectivity index (χ0n) is 12.5. The number of benzene rings is 2. The Hall–Kier alpha value is -2.82. The fourth-order valence-corrected chi connectivity index (χ4v) is 1.84. The molecule has 2 aromatic carbocycles. The van der Waals surface area contributed by atoms with Gasteiger partial charge in [-0.05, 0) is 50.2 Å². The fourth-order valence-electron chi connectivity index (χ4n) is 1.84. The minimum Gasteiger partial charge on any atom is -0.481 e. The predicted octanol–water partition coefficient (Wildman–Crippen LogP) is 2.50. The van der Waals surface area contributed by atoms with Crippen molar-refractivity contribution in [2.45, 2.75) is 20.0 Å². The van der Waals surface area contributed by atoms with Gasteiger partial charge in [-0.2, -0.15) is 0 Å². The van der Waals surface area contributed by atoms with Gasteiger partial charge in [-0.15, -0.1) is 0 Å². The number of carbonyl (C=O) groups excluding carboxylic acids is 2. The van der Waals surface area contributed by atoms with Gasteiger partial charge in [-0.1, -0.05) is 17.7 Å². The molecule has 0 heterocycles. The number of rotatable bonds is 5. The molecule has 5 nitrogen and oxygen atoms in total. The summed E-state index contributed by atoms with van der Waals surface area (Å²) in [6.45, 7) is 3.66. The minimum atomic E-state index is -0.640. The Morgan fingerprint density at radius 3 is 2.18 bits per heavy atom. The van der Waals surface area contributed by atoms with E-state index >= 15 is 0 Å². The number of ether oxygens (including phenoxy) is 1. The van der Waals surface area contributed by atoms with Crippen molar-refractivity contribution in [3.05, 3.63) is 59.7 Å². The molecule has 0 radical (unpaired) electrons. The number of nitrogens with one attached hydrogen (secondary N) is 1. The summed E-state index contributed by atoms with van der Waals surface area (Å²) < 4.78 is 5.58. The van der Waals surface area contributed by atoms with Gasteiger partial charge in [0.2, 0.25) is 5.91 Å². The summed E-state index contributed by atoms with van der Waals surface area (Å²) in [6.07, 6.45) is -0.640. The third-order valence-corrected chi connectivity index (χ3v) is 3.14. The summed E-state index contributed by atoms with van der Waals surface area (Å²) in [5.41, 5.74) is 7.26. The summed E-state index contributed by atoms with van der Waals surface area (Å²) in [4.78, 5) is 23.1. The van der Waals surface area contributed by atoms with E-state index in [-0.39, 0.29) is 5.91 Å². The summed E-state index contributed by atoms with van der Waals surface area (Å²) in [7, 11) is 0. The van der Waals surface area contributed by atoms with Crippen LogP contribution in [0.2, 0.25) is 0 Å². The van der Waals surface area contributed by atoms with Crippen LogP contribution in [0.3, 0.4) is 0 Å². The Morgan fingerprint density at radius 1 is 1.05 bits per heavy atom. The number of amides is 2. The lowest BCUT2D eigenvalue weighted by molar-refractivity contribution is -0.122. The number of carbonyl (C=O) groups is 2. The normalized spacial score (nSPS) is 11.5. The zero-order chi connectivity index (χ0) is 16.1. The molecule has 2 rings (SSSR count). The molecular formula is C17H18N2O3. The molecule has 0 fully saturated rings. The molecule has 0 saturated heterocycles. The van der Waals surface area contributed by atoms with E-state index in [1.165, 1.54) is 0 Å². The van der Waals surface area contributed by atoms with E-state index in [0.29, 0.717) is 17.0 Å². The lowest BCUT2D eigenvalue weighted by Gasteiger charge is -2.15. The quantitative estimate of drug-likeness (QED) is 0.889. The number of nitrogens with two attached hydrogens (primary N) is 1. The van der Waals surface area contributed by atoms with E-state index in [1.807, 2.05) is 31.2 Å². The van der Waals surface area contributed by atoms with Crippen LogP contribution in [0, 0.1) is 6.92 Å². The molecule has 2 amide bonds. The van der Waals surface area contributed by atoms with Crippen molar-refractivity contribution in [2.24, 2.45) is 5.73 Å². The number of hydrogen-bond donors (Lipinski definition) is 2. The third kappa shape index (κ3) is 4.09. The molecule has 3 N–H and O–H groups in total. The maximum Gasteiger partial charge on any atom is 0.265 e. The molecule has 0 aliphatic heterocycles. The number of anilines is 1. The predicted molar refractivity (Wildman–Crippen MR) is 84.9 cm³/mol. The van der Waals surface area contributed by atoms with Crippen LogP contribution in [0.1, 0.15) is 22.8 Å². The van der Waals surface area contributed by atoms with Crippen LogP contribution in [0.15, 0.2) is 48.5 Å². The van der Waals surface area contributed by atoms with Crippen molar-refractivity contribution >= 4 is 17.5 Å². The topological polar surface area (TPSA) is 81.4 Å². The van der Waals surface area contributed by atoms with Gasteiger partial charge < -0.3 is 15.8 Å². The van der Waals surface area contributed by atoms with E-state index in [9.17, 15) is 9.59 Å². The maximum atomic E-state index is 12.1. The van der Waals surface area contributed by atoms with E-state index < -0.39 is 12.0 Å². The first kappa shape index (κ1) is 15.6. The molecule has 0 unspecified atom stereocenters. The van der Waals surface area contributed by atoms with Gasteiger partial charge in [0.15, 0.2) is 6.10 Å². The largest absolute Gasteiger partial charge is 0.481 e. The summed E-state index contributed by atoms with van der Waals surface area (Å²) in [5, 5.41) is 2.72. The van der Waals surface area contributed by atoms with Crippen LogP contribution in [0.5, 0.6) is 5.75 Å². The Bertz CT molecular complexity index is 663. The first-order valence-electron chi connectivity index (χ1n) is 6.90. The van der Waals surface area contributed by atoms with Crippen LogP contribution >= 0.6 is 0 Å². The van der Waals surface area contributed by atoms with E-state index in [2.05, 4.69) is 5.32 Å². The third-order valence-electron chi connectivity index (χ3n) is 3.14. The molecule has 22 heavy (non-hydrogen) atoms. The summed E-state index contributed by atoms with van der Waals surface area (Å²) >= 11 is 0. The molecule has 0 saturated carbocycles. The second-order valence-corrected chi connectivity index (χ2v) is 5.00. The molecule has 0 aliphatic rings. The van der Waals surface area contributed by atoms with Crippen molar-refractivity contribution in [1.29, 1.82) is 0 Å². The average Bonchev–Trinajstić information content (AvgIpc) is 2.50. The van der Waals surface area contributed by atoms with E-state index in [4.69, 9.17) is 10.5 Å². The number of hydrogen-bond acceptors (Lipinski definition) is 3. The Balaban J connectivity index is 1.95. The fraction of sp³-hybridized carbons (Fsp3) is 0.176. The van der Waals surface area contributed by atoms with Crippen LogP contribution in [-0.2, 0) is 4.79 Å². The molecule has 0 spiro atoms. The highest BCUT2D eigenvalue weighted by Crippen LogP contribution is 2.15. The monoisotopic (exact) mass is 298 g/mol. The van der Waals surface area contributed by atoms with Gasteiger partial charge in [0, 0.05) is 11.3 Å². The summed E-state index contributed by atoms with van der Waals surface area (Å²) in [6, 6.07) is 13.8. The van der Waals surface area contributed by atoms with Crippen LogP contribution in [0.4, 0.5) is 5.69 Å². The second-order valence-electron chi connectivity index (χ2n) is 5.00. The highest BCUT2D eigenvalue weighted by atomic mass is 16.5. The van der Waals surface area contributed by atoms with Crippen LogP contribution < -0.4 is 15.8 Å². The van der Waals surface area contributed by atoms with E-state index in [1.54, 1.807) is 31.2 Å². The smallest absolute Gasteiger partial charge is 0.265 e. The first-order chi connectivity index (χ1) is 10.5. The van der Waals surface area contributed by atoms with Gasteiger partial charge in [-0.25, -0.2) is 0 Å². The Labute approximate surface area is 129 Å². The molecule has 114 valence electrons. The molecule has 0 aliphatic carbocycles. The highest BCUT2D eigenvalue weighted by Gasteiger charge is 2.15. The van der Waals surface area contributed by atoms with Crippen molar-refractivity contribution in [3.63, 3.8) is 0 Å². The van der Waals surface area contributed by atoms with Crippen molar-refractivity contribution in [3.8, 4) is 5.75 Å². The van der Waals surface area contributed by atoms with Crippen molar-refractivity contribution in [2.75, 3.05) is 5.32 Å². The van der Waals surface area contributed by atoms with Crippen molar-refractivity contribution in [1.82, 2.24) is 0 Å². The lowest BCUT2D eigenvalue weighted by atomic mass is 10.2. The van der Waals surface area contributed by atoms with Gasteiger partial charge in [0.1, 0.15) is 5.75 Å². The average molecular weight is 298 g/mol. The SMILES string of the molecule is Cc1ccc(O[C@@H](C)C(=O)Nc2ccc(C(N)=O)cc2)cc1. The van der Waals surface area contributed by atoms with Crippen molar-refractivity contribution < 1.29 is 14.3 Å². The van der Waals surface area contributed by atoms with Gasteiger partial charge in [0.25, 0.3) is 5.91 Å². The van der Waals surface area contributed by atoms with Crippen LogP contribution in [-0.4, -0.2) is 17.9 Å². The molecular weight excluding hydrogens is 280 g/mol. The summed E-state index contributed by atoms with van der Waals surface area (Å²) in [5.74, 6) is -0.140. The van der Waals surface area contributed by atoms with Gasteiger partial charge in [-0.3, -0.25) is 9.59 Å². The molecule has 5 heteroatoms. The van der Waals surface area contributed by atoms with E-state index in [0.717, 1.165) is 5.56 Å². The molecule has 1 atom stereocenters. The second kappa shape index (κ2) is 6.76. The molecule has 2 aromatic rings.